The van der Waals surface area contributed by atoms with E-state index in [9.17, 15) is 9.59 Å². The Balaban J connectivity index is 1.53. The molecule has 2 aliphatic rings. The Hall–Kier alpha value is -1.73. The van der Waals surface area contributed by atoms with Crippen LogP contribution in [0.3, 0.4) is 0 Å². The van der Waals surface area contributed by atoms with Gasteiger partial charge in [-0.05, 0) is 25.0 Å². The second-order valence-electron chi connectivity index (χ2n) is 6.03. The molecule has 0 fully saturated rings. The number of carbonyl (C=O) groups excluding carboxylic acids is 1. The number of carbonyl (C=O) groups is 1. The molecule has 1 aromatic carbocycles. The van der Waals surface area contributed by atoms with Gasteiger partial charge in [-0.3, -0.25) is 14.2 Å². The molecule has 0 bridgehead atoms. The number of hydrogen-bond acceptors (Lipinski definition) is 5. The standard InChI is InChI=1S/C18H19N3O2S2/c1-2-20-17(23)16-13(8-10-24-16)19-18(20)25-11-15(22)21-9-7-12-5-3-4-6-14(12)21/h3-6H,2,7-11H2,1H3. The highest BCUT2D eigenvalue weighted by Crippen LogP contribution is 2.30. The molecule has 4 rings (SSSR count). The van der Waals surface area contributed by atoms with Gasteiger partial charge in [0.25, 0.3) is 5.56 Å². The number of anilines is 1. The van der Waals surface area contributed by atoms with Gasteiger partial charge >= 0.3 is 0 Å². The number of para-hydroxylation sites is 1. The maximum atomic E-state index is 12.7. The minimum absolute atomic E-state index is 0.0384. The first kappa shape index (κ1) is 16.7. The van der Waals surface area contributed by atoms with Crippen molar-refractivity contribution in [3.63, 3.8) is 0 Å². The van der Waals surface area contributed by atoms with Crippen molar-refractivity contribution >= 4 is 35.1 Å². The lowest BCUT2D eigenvalue weighted by Crippen LogP contribution is -2.31. The Morgan fingerprint density at radius 3 is 3.00 bits per heavy atom. The summed E-state index contributed by atoms with van der Waals surface area (Å²) in [6.07, 6.45) is 1.74. The van der Waals surface area contributed by atoms with Gasteiger partial charge in [0.15, 0.2) is 5.16 Å². The lowest BCUT2D eigenvalue weighted by molar-refractivity contribution is -0.116. The number of thioether (sulfide) groups is 2. The Labute approximate surface area is 154 Å². The van der Waals surface area contributed by atoms with E-state index in [-0.39, 0.29) is 11.5 Å². The SMILES string of the molecule is CCn1c(SCC(=O)N2CCc3ccccc32)nc2c(c1=O)SCC2. The van der Waals surface area contributed by atoms with Crippen LogP contribution in [0, 0.1) is 0 Å². The minimum atomic E-state index is 0.0384. The first-order chi connectivity index (χ1) is 12.2. The first-order valence-electron chi connectivity index (χ1n) is 8.46. The minimum Gasteiger partial charge on any atom is -0.311 e. The van der Waals surface area contributed by atoms with Gasteiger partial charge in [0.05, 0.1) is 16.3 Å². The summed E-state index contributed by atoms with van der Waals surface area (Å²) in [7, 11) is 0. The van der Waals surface area contributed by atoms with Crippen LogP contribution in [0.2, 0.25) is 0 Å². The monoisotopic (exact) mass is 373 g/mol. The lowest BCUT2D eigenvalue weighted by Gasteiger charge is -2.17. The Kier molecular flexibility index (Phi) is 4.60. The summed E-state index contributed by atoms with van der Waals surface area (Å²) >= 11 is 2.96. The van der Waals surface area contributed by atoms with Gasteiger partial charge in [0.2, 0.25) is 5.91 Å². The van der Waals surface area contributed by atoms with Crippen LogP contribution < -0.4 is 10.5 Å². The van der Waals surface area contributed by atoms with Crippen LogP contribution in [-0.4, -0.2) is 33.5 Å². The van der Waals surface area contributed by atoms with Crippen molar-refractivity contribution in [3.05, 3.63) is 45.9 Å². The van der Waals surface area contributed by atoms with E-state index in [2.05, 4.69) is 11.1 Å². The predicted molar refractivity (Wildman–Crippen MR) is 102 cm³/mol. The van der Waals surface area contributed by atoms with Gasteiger partial charge in [-0.15, -0.1) is 11.8 Å². The van der Waals surface area contributed by atoms with Crippen LogP contribution >= 0.6 is 23.5 Å². The average molecular weight is 374 g/mol. The first-order valence-corrected chi connectivity index (χ1v) is 10.4. The van der Waals surface area contributed by atoms with E-state index >= 15 is 0 Å². The van der Waals surface area contributed by atoms with Crippen LogP contribution in [0.25, 0.3) is 0 Å². The predicted octanol–water partition coefficient (Wildman–Crippen LogP) is 2.59. The quantitative estimate of drug-likeness (QED) is 0.609. The maximum absolute atomic E-state index is 12.7. The summed E-state index contributed by atoms with van der Waals surface area (Å²) in [6.45, 7) is 3.24. The van der Waals surface area contributed by atoms with Gasteiger partial charge in [0.1, 0.15) is 0 Å². The summed E-state index contributed by atoms with van der Waals surface area (Å²) in [5, 5.41) is 0.662. The number of nitrogens with zero attached hydrogens (tertiary/aromatic N) is 3. The third-order valence-electron chi connectivity index (χ3n) is 4.58. The molecule has 5 nitrogen and oxygen atoms in total. The fraction of sp³-hybridized carbons (Fsp3) is 0.389. The molecule has 0 spiro atoms. The van der Waals surface area contributed by atoms with Gasteiger partial charge in [-0.2, -0.15) is 0 Å². The van der Waals surface area contributed by atoms with E-state index in [4.69, 9.17) is 0 Å². The largest absolute Gasteiger partial charge is 0.311 e. The third-order valence-corrected chi connectivity index (χ3v) is 6.65. The van der Waals surface area contributed by atoms with E-state index in [0.717, 1.165) is 41.4 Å². The Morgan fingerprint density at radius 2 is 2.16 bits per heavy atom. The second-order valence-corrected chi connectivity index (χ2v) is 8.08. The van der Waals surface area contributed by atoms with E-state index < -0.39 is 0 Å². The topological polar surface area (TPSA) is 55.2 Å². The molecule has 0 radical (unpaired) electrons. The zero-order chi connectivity index (χ0) is 17.4. The lowest BCUT2D eigenvalue weighted by atomic mass is 10.2. The molecule has 0 saturated heterocycles. The van der Waals surface area contributed by atoms with Crippen molar-refractivity contribution in [1.82, 2.24) is 9.55 Å². The summed E-state index contributed by atoms with van der Waals surface area (Å²) < 4.78 is 1.69. The number of hydrogen-bond donors (Lipinski definition) is 0. The van der Waals surface area contributed by atoms with Crippen molar-refractivity contribution in [1.29, 1.82) is 0 Å². The van der Waals surface area contributed by atoms with Crippen molar-refractivity contribution in [2.24, 2.45) is 0 Å². The van der Waals surface area contributed by atoms with Crippen LogP contribution in [0.15, 0.2) is 39.1 Å². The van der Waals surface area contributed by atoms with Crippen molar-refractivity contribution in [3.8, 4) is 0 Å². The number of rotatable bonds is 4. The van der Waals surface area contributed by atoms with Crippen LogP contribution in [-0.2, 0) is 24.2 Å². The fourth-order valence-corrected chi connectivity index (χ4v) is 5.31. The molecule has 0 unspecified atom stereocenters. The van der Waals surface area contributed by atoms with E-state index in [0.29, 0.717) is 17.5 Å². The molecule has 7 heteroatoms. The fourth-order valence-electron chi connectivity index (χ4n) is 3.31. The molecule has 1 amide bonds. The van der Waals surface area contributed by atoms with Gasteiger partial charge in [-0.1, -0.05) is 30.0 Å². The summed E-state index contributed by atoms with van der Waals surface area (Å²) in [4.78, 5) is 32.5. The highest BCUT2D eigenvalue weighted by molar-refractivity contribution is 8.00. The van der Waals surface area contributed by atoms with Crippen LogP contribution in [0.4, 0.5) is 5.69 Å². The van der Waals surface area contributed by atoms with Crippen molar-refractivity contribution < 1.29 is 4.79 Å². The molecule has 25 heavy (non-hydrogen) atoms. The van der Waals surface area contributed by atoms with Crippen LogP contribution in [0.1, 0.15) is 18.2 Å². The Bertz CT molecular complexity index is 894. The molecule has 1 aromatic heterocycles. The third kappa shape index (κ3) is 3.00. The number of aryl methyl sites for hydroxylation is 1. The molecular weight excluding hydrogens is 354 g/mol. The highest BCUT2D eigenvalue weighted by Gasteiger charge is 2.25. The van der Waals surface area contributed by atoms with Crippen LogP contribution in [0.5, 0.6) is 0 Å². The zero-order valence-corrected chi connectivity index (χ0v) is 15.7. The maximum Gasteiger partial charge on any atom is 0.268 e. The van der Waals surface area contributed by atoms with Gasteiger partial charge in [-0.25, -0.2) is 4.98 Å². The number of fused-ring (bicyclic) bond motifs is 2. The average Bonchev–Trinajstić information content (AvgIpc) is 3.26. The molecule has 0 atom stereocenters. The zero-order valence-electron chi connectivity index (χ0n) is 14.0. The van der Waals surface area contributed by atoms with E-state index in [1.165, 1.54) is 17.3 Å². The molecular formula is C18H19N3O2S2. The Morgan fingerprint density at radius 1 is 1.32 bits per heavy atom. The van der Waals surface area contributed by atoms with Crippen molar-refractivity contribution in [2.75, 3.05) is 23.0 Å². The molecule has 0 aliphatic carbocycles. The van der Waals surface area contributed by atoms with Gasteiger partial charge < -0.3 is 4.90 Å². The van der Waals surface area contributed by atoms with Gasteiger partial charge in [0, 0.05) is 31.0 Å². The highest BCUT2D eigenvalue weighted by atomic mass is 32.2. The number of amides is 1. The molecule has 2 aromatic rings. The summed E-state index contributed by atoms with van der Waals surface area (Å²) in [5.74, 6) is 1.28. The number of benzene rings is 1. The second kappa shape index (κ2) is 6.88. The molecule has 0 N–H and O–H groups in total. The molecule has 3 heterocycles. The molecule has 2 aliphatic heterocycles. The summed E-state index contributed by atoms with van der Waals surface area (Å²) in [6, 6.07) is 8.04. The molecule has 0 saturated carbocycles. The summed E-state index contributed by atoms with van der Waals surface area (Å²) in [5.41, 5.74) is 3.16. The van der Waals surface area contributed by atoms with Crippen molar-refractivity contribution in [2.45, 2.75) is 36.4 Å². The van der Waals surface area contributed by atoms with E-state index in [1.807, 2.05) is 30.0 Å². The normalized spacial score (nSPS) is 15.3. The molecule has 130 valence electrons. The number of aromatic nitrogens is 2. The van der Waals surface area contributed by atoms with E-state index in [1.54, 1.807) is 16.3 Å². The smallest absolute Gasteiger partial charge is 0.268 e.